The van der Waals surface area contributed by atoms with Crippen LogP contribution in [0.25, 0.3) is 16.7 Å². The van der Waals surface area contributed by atoms with Gasteiger partial charge in [0.05, 0.1) is 25.8 Å². The number of carbonyl (C=O) groups is 2. The van der Waals surface area contributed by atoms with E-state index in [9.17, 15) is 19.8 Å². The van der Waals surface area contributed by atoms with Crippen molar-refractivity contribution in [1.82, 2.24) is 9.88 Å². The fraction of sp³-hybridized carbons (Fsp3) is 0.172. The van der Waals surface area contributed by atoms with Crippen molar-refractivity contribution < 1.29 is 29.3 Å². The highest BCUT2D eigenvalue weighted by Crippen LogP contribution is 2.40. The molecule has 1 aliphatic heterocycles. The maximum atomic E-state index is 13.3. The van der Waals surface area contributed by atoms with Gasteiger partial charge in [-0.2, -0.15) is 0 Å². The summed E-state index contributed by atoms with van der Waals surface area (Å²) < 4.78 is 10.6. The van der Waals surface area contributed by atoms with Gasteiger partial charge in [0.2, 0.25) is 0 Å². The van der Waals surface area contributed by atoms with Crippen LogP contribution in [-0.2, 0) is 16.0 Å². The number of rotatable bonds is 7. The lowest BCUT2D eigenvalue weighted by Gasteiger charge is -2.25. The molecule has 188 valence electrons. The minimum Gasteiger partial charge on any atom is -0.508 e. The van der Waals surface area contributed by atoms with Crippen LogP contribution in [0.1, 0.15) is 22.7 Å². The summed E-state index contributed by atoms with van der Waals surface area (Å²) >= 11 is 0. The number of benzene rings is 3. The predicted molar refractivity (Wildman–Crippen MR) is 139 cm³/mol. The summed E-state index contributed by atoms with van der Waals surface area (Å²) in [4.78, 5) is 31.3. The lowest BCUT2D eigenvalue weighted by molar-refractivity contribution is -0.139. The third-order valence-corrected chi connectivity index (χ3v) is 6.69. The number of methoxy groups -OCH3 is 2. The molecule has 0 bridgehead atoms. The summed E-state index contributed by atoms with van der Waals surface area (Å²) in [7, 11) is 3.11. The molecule has 3 N–H and O–H groups in total. The fourth-order valence-electron chi connectivity index (χ4n) is 4.77. The van der Waals surface area contributed by atoms with E-state index in [2.05, 4.69) is 4.98 Å². The molecule has 0 radical (unpaired) electrons. The lowest BCUT2D eigenvalue weighted by Crippen LogP contribution is -2.31. The van der Waals surface area contributed by atoms with E-state index in [1.807, 2.05) is 24.4 Å². The largest absolute Gasteiger partial charge is 0.508 e. The number of H-pyrrole nitrogens is 1. The first kappa shape index (κ1) is 24.0. The van der Waals surface area contributed by atoms with Crippen molar-refractivity contribution in [3.8, 4) is 17.2 Å². The van der Waals surface area contributed by atoms with Crippen LogP contribution in [0.2, 0.25) is 0 Å². The number of ether oxygens (including phenoxy) is 2. The van der Waals surface area contributed by atoms with Gasteiger partial charge in [-0.1, -0.05) is 24.3 Å². The summed E-state index contributed by atoms with van der Waals surface area (Å²) in [5.41, 5.74) is 2.86. The fourth-order valence-corrected chi connectivity index (χ4v) is 4.77. The Bertz CT molecular complexity index is 1520. The first-order valence-corrected chi connectivity index (χ1v) is 11.8. The number of Topliss-reactive ketones (excluding diaryl/α,β-unsaturated/α-hetero) is 1. The number of carbonyl (C=O) groups excluding carboxylic acids is 2. The zero-order valence-electron chi connectivity index (χ0n) is 20.4. The van der Waals surface area contributed by atoms with Gasteiger partial charge in [0.15, 0.2) is 0 Å². The molecule has 1 aliphatic rings. The van der Waals surface area contributed by atoms with Gasteiger partial charge in [0, 0.05) is 29.2 Å². The van der Waals surface area contributed by atoms with Crippen LogP contribution in [0, 0.1) is 0 Å². The topological polar surface area (TPSA) is 112 Å². The summed E-state index contributed by atoms with van der Waals surface area (Å²) in [5.74, 6) is -0.458. The molecule has 3 aromatic carbocycles. The van der Waals surface area contributed by atoms with Crippen LogP contribution in [0.5, 0.6) is 17.2 Å². The molecule has 2 heterocycles. The number of hydrogen-bond acceptors (Lipinski definition) is 6. The first-order valence-electron chi connectivity index (χ1n) is 11.8. The molecular formula is C29H26N2O6. The smallest absolute Gasteiger partial charge is 0.295 e. The van der Waals surface area contributed by atoms with E-state index in [0.29, 0.717) is 23.3 Å². The van der Waals surface area contributed by atoms with Crippen molar-refractivity contribution in [3.63, 3.8) is 0 Å². The molecule has 37 heavy (non-hydrogen) atoms. The van der Waals surface area contributed by atoms with Crippen LogP contribution >= 0.6 is 0 Å². The average Bonchev–Trinajstić information content (AvgIpc) is 3.44. The maximum Gasteiger partial charge on any atom is 0.295 e. The number of ketones is 1. The van der Waals surface area contributed by atoms with Crippen molar-refractivity contribution in [2.45, 2.75) is 12.5 Å². The van der Waals surface area contributed by atoms with Crippen LogP contribution in [0.3, 0.4) is 0 Å². The Kier molecular flexibility index (Phi) is 6.31. The van der Waals surface area contributed by atoms with Gasteiger partial charge in [-0.05, 0) is 60.0 Å². The molecule has 0 saturated carbocycles. The minimum absolute atomic E-state index is 0.00969. The van der Waals surface area contributed by atoms with Gasteiger partial charge in [0.25, 0.3) is 11.7 Å². The highest BCUT2D eigenvalue weighted by Gasteiger charge is 2.45. The van der Waals surface area contributed by atoms with Gasteiger partial charge >= 0.3 is 0 Å². The second-order valence-corrected chi connectivity index (χ2v) is 8.79. The van der Waals surface area contributed by atoms with Crippen molar-refractivity contribution in [2.24, 2.45) is 0 Å². The number of nitrogens with one attached hydrogen (secondary N) is 1. The van der Waals surface area contributed by atoms with Gasteiger partial charge < -0.3 is 29.6 Å². The third kappa shape index (κ3) is 4.38. The Morgan fingerprint density at radius 1 is 0.973 bits per heavy atom. The number of aromatic nitrogens is 1. The van der Waals surface area contributed by atoms with Crippen LogP contribution < -0.4 is 9.47 Å². The molecular weight excluding hydrogens is 472 g/mol. The minimum atomic E-state index is -0.827. The molecule has 1 fully saturated rings. The molecule has 0 aliphatic carbocycles. The van der Waals surface area contributed by atoms with Crippen molar-refractivity contribution in [1.29, 1.82) is 0 Å². The number of aliphatic hydroxyl groups excluding tert-OH is 1. The zero-order valence-corrected chi connectivity index (χ0v) is 20.4. The lowest BCUT2D eigenvalue weighted by atomic mass is 9.95. The van der Waals surface area contributed by atoms with E-state index in [1.54, 1.807) is 43.5 Å². The Labute approximate surface area is 213 Å². The molecule has 5 rings (SSSR count). The molecule has 0 unspecified atom stereocenters. The Balaban J connectivity index is 1.56. The number of phenolic OH excluding ortho intramolecular Hbond substituents is 1. The second-order valence-electron chi connectivity index (χ2n) is 8.79. The molecule has 1 atom stereocenters. The number of aromatic amines is 1. The van der Waals surface area contributed by atoms with E-state index in [0.717, 1.165) is 22.2 Å². The highest BCUT2D eigenvalue weighted by atomic mass is 16.5. The van der Waals surface area contributed by atoms with Gasteiger partial charge in [-0.3, -0.25) is 9.59 Å². The van der Waals surface area contributed by atoms with E-state index >= 15 is 0 Å². The number of aromatic hydroxyl groups is 1. The molecule has 1 amide bonds. The summed E-state index contributed by atoms with van der Waals surface area (Å²) in [6, 6.07) is 17.9. The second kappa shape index (κ2) is 9.73. The number of likely N-dealkylation sites (tertiary alicyclic amines) is 1. The monoisotopic (exact) mass is 498 g/mol. The summed E-state index contributed by atoms with van der Waals surface area (Å²) in [6.45, 7) is 0.231. The number of nitrogens with zero attached hydrogens (tertiary/aromatic N) is 1. The molecule has 1 saturated heterocycles. The first-order chi connectivity index (χ1) is 17.9. The molecule has 0 spiro atoms. The number of hydrogen-bond donors (Lipinski definition) is 3. The average molecular weight is 499 g/mol. The van der Waals surface area contributed by atoms with E-state index in [4.69, 9.17) is 9.47 Å². The Morgan fingerprint density at radius 3 is 2.43 bits per heavy atom. The van der Waals surface area contributed by atoms with Crippen molar-refractivity contribution in [3.05, 3.63) is 95.2 Å². The maximum absolute atomic E-state index is 13.3. The van der Waals surface area contributed by atoms with Crippen LogP contribution in [-0.4, -0.2) is 52.6 Å². The van der Waals surface area contributed by atoms with E-state index in [-0.39, 0.29) is 23.6 Å². The third-order valence-electron chi connectivity index (χ3n) is 6.69. The number of aliphatic hydroxyl groups is 1. The van der Waals surface area contributed by atoms with Gasteiger partial charge in [-0.25, -0.2) is 0 Å². The van der Waals surface area contributed by atoms with Crippen molar-refractivity contribution >= 4 is 28.4 Å². The molecule has 4 aromatic rings. The van der Waals surface area contributed by atoms with Gasteiger partial charge in [0.1, 0.15) is 23.0 Å². The zero-order chi connectivity index (χ0) is 26.1. The number of fused-ring (bicyclic) bond motifs is 1. The number of amides is 1. The molecule has 8 nitrogen and oxygen atoms in total. The van der Waals surface area contributed by atoms with Crippen LogP contribution in [0.4, 0.5) is 0 Å². The summed E-state index contributed by atoms with van der Waals surface area (Å²) in [5, 5.41) is 22.0. The normalized spacial score (nSPS) is 16.9. The predicted octanol–water partition coefficient (Wildman–Crippen LogP) is 4.56. The Morgan fingerprint density at radius 2 is 1.70 bits per heavy atom. The number of phenols is 1. The standard InChI is InChI=1S/C29H26N2O6/c1-36-21-5-3-4-18(14-21)27(33)25-26(17-6-8-20(32)9-7-17)31(29(35)28(25)34)13-12-19-16-30-24-11-10-22(37-2)15-23(19)24/h3-11,14-16,26,30,32-33H,12-13H2,1-2H3/t26-/m1/s1. The molecule has 8 heteroatoms. The van der Waals surface area contributed by atoms with Crippen LogP contribution in [0.15, 0.2) is 78.5 Å². The quantitative estimate of drug-likeness (QED) is 0.196. The van der Waals surface area contributed by atoms with Crippen molar-refractivity contribution in [2.75, 3.05) is 20.8 Å². The van der Waals surface area contributed by atoms with E-state index < -0.39 is 17.7 Å². The summed E-state index contributed by atoms with van der Waals surface area (Å²) in [6.07, 6.45) is 2.35. The highest BCUT2D eigenvalue weighted by molar-refractivity contribution is 6.46. The van der Waals surface area contributed by atoms with E-state index in [1.165, 1.54) is 24.1 Å². The Hall–Kier alpha value is -4.72. The van der Waals surface area contributed by atoms with Gasteiger partial charge in [-0.15, -0.1) is 0 Å². The molecule has 1 aromatic heterocycles. The SMILES string of the molecule is COc1cccc(C(O)=C2C(=O)C(=O)N(CCc3c[nH]c4ccc(OC)cc34)[C@@H]2c2ccc(O)cc2)c1.